The van der Waals surface area contributed by atoms with Gasteiger partial charge in [-0.2, -0.15) is 0 Å². The highest BCUT2D eigenvalue weighted by molar-refractivity contribution is 4.78. The lowest BCUT2D eigenvalue weighted by molar-refractivity contribution is -0.576. The predicted molar refractivity (Wildman–Crippen MR) is 65.1 cm³/mol. The maximum absolute atomic E-state index is 11.1. The molecule has 0 heterocycles. The van der Waals surface area contributed by atoms with Crippen LogP contribution >= 0.6 is 0 Å². The van der Waals surface area contributed by atoms with E-state index in [1.165, 1.54) is 0 Å². The minimum Gasteiger partial charge on any atom is -0.389 e. The maximum Gasteiger partial charge on any atom is 0.244 e. The van der Waals surface area contributed by atoms with Gasteiger partial charge in [-0.25, -0.2) is 0 Å². The van der Waals surface area contributed by atoms with Crippen molar-refractivity contribution < 1.29 is 10.0 Å². The van der Waals surface area contributed by atoms with Crippen molar-refractivity contribution in [1.82, 2.24) is 0 Å². The van der Waals surface area contributed by atoms with Crippen molar-refractivity contribution in [2.45, 2.75) is 70.8 Å². The number of unbranched alkanes of at least 4 members (excludes halogenated alkanes) is 4. The Balaban J connectivity index is 4.22. The Labute approximate surface area is 98.2 Å². The maximum atomic E-state index is 11.1. The minimum atomic E-state index is -1.08. The number of rotatable bonds is 10. The molecule has 0 radical (unpaired) electrons. The van der Waals surface area contributed by atoms with Crippen LogP contribution in [0.3, 0.4) is 0 Å². The fourth-order valence-electron chi connectivity index (χ4n) is 1.91. The Hall–Kier alpha value is -0.640. The van der Waals surface area contributed by atoms with Crippen molar-refractivity contribution in [2.24, 2.45) is 0 Å². The molecule has 0 aliphatic carbocycles. The fraction of sp³-hybridized carbons (Fsp3) is 1.00. The van der Waals surface area contributed by atoms with Gasteiger partial charge in [0.15, 0.2) is 0 Å². The first-order valence-electron chi connectivity index (χ1n) is 6.38. The molecule has 0 saturated heterocycles. The highest BCUT2D eigenvalue weighted by Gasteiger charge is 2.40. The van der Waals surface area contributed by atoms with Gasteiger partial charge >= 0.3 is 0 Å². The second-order valence-electron chi connectivity index (χ2n) is 4.55. The molecule has 16 heavy (non-hydrogen) atoms. The first-order chi connectivity index (χ1) is 7.63. The number of hydrogen-bond acceptors (Lipinski definition) is 3. The standard InChI is InChI=1S/C12H25NO3/c1-3-5-7-8-10-12(11-14,13(15)16)9-6-4-2/h14H,3-11H2,1-2H3. The van der Waals surface area contributed by atoms with E-state index >= 15 is 0 Å². The van der Waals surface area contributed by atoms with Crippen LogP contribution in [0.2, 0.25) is 0 Å². The van der Waals surface area contributed by atoms with E-state index in [1.807, 2.05) is 6.92 Å². The molecule has 0 spiro atoms. The average molecular weight is 231 g/mol. The number of aliphatic hydroxyl groups excluding tert-OH is 1. The largest absolute Gasteiger partial charge is 0.389 e. The van der Waals surface area contributed by atoms with E-state index in [0.29, 0.717) is 12.8 Å². The van der Waals surface area contributed by atoms with Crippen molar-refractivity contribution in [3.8, 4) is 0 Å². The molecular weight excluding hydrogens is 206 g/mol. The van der Waals surface area contributed by atoms with E-state index in [-0.39, 0.29) is 11.5 Å². The van der Waals surface area contributed by atoms with Crippen molar-refractivity contribution >= 4 is 0 Å². The van der Waals surface area contributed by atoms with Crippen molar-refractivity contribution in [2.75, 3.05) is 6.61 Å². The molecule has 4 nitrogen and oxygen atoms in total. The predicted octanol–water partition coefficient (Wildman–Crippen LogP) is 3.15. The highest BCUT2D eigenvalue weighted by atomic mass is 16.6. The van der Waals surface area contributed by atoms with Gasteiger partial charge < -0.3 is 5.11 Å². The lowest BCUT2D eigenvalue weighted by atomic mass is 9.88. The first-order valence-corrected chi connectivity index (χ1v) is 6.38. The van der Waals surface area contributed by atoms with Crippen LogP contribution in [0.5, 0.6) is 0 Å². The number of nitrogens with zero attached hydrogens (tertiary/aromatic N) is 1. The molecule has 0 amide bonds. The van der Waals surface area contributed by atoms with Crippen molar-refractivity contribution in [3.05, 3.63) is 10.1 Å². The molecule has 1 N–H and O–H groups in total. The van der Waals surface area contributed by atoms with Crippen LogP contribution in [-0.4, -0.2) is 22.2 Å². The van der Waals surface area contributed by atoms with E-state index in [4.69, 9.17) is 0 Å². The molecule has 1 unspecified atom stereocenters. The van der Waals surface area contributed by atoms with Crippen LogP contribution in [0.1, 0.15) is 65.2 Å². The zero-order valence-electron chi connectivity index (χ0n) is 10.6. The number of nitro groups is 1. The molecule has 0 aromatic rings. The molecule has 0 bridgehead atoms. The molecule has 0 aromatic carbocycles. The van der Waals surface area contributed by atoms with Crippen LogP contribution < -0.4 is 0 Å². The van der Waals surface area contributed by atoms with Crippen LogP contribution in [-0.2, 0) is 0 Å². The minimum absolute atomic E-state index is 0.269. The highest BCUT2D eigenvalue weighted by Crippen LogP contribution is 2.25. The van der Waals surface area contributed by atoms with Gasteiger partial charge in [0.25, 0.3) is 0 Å². The number of aliphatic hydroxyl groups is 1. The molecule has 4 heteroatoms. The van der Waals surface area contributed by atoms with Crippen molar-refractivity contribution in [3.63, 3.8) is 0 Å². The Bertz CT molecular complexity index is 197. The van der Waals surface area contributed by atoms with E-state index in [9.17, 15) is 15.2 Å². The van der Waals surface area contributed by atoms with Gasteiger partial charge in [-0.15, -0.1) is 0 Å². The fourth-order valence-corrected chi connectivity index (χ4v) is 1.91. The van der Waals surface area contributed by atoms with Gasteiger partial charge in [0.1, 0.15) is 6.61 Å². The molecule has 0 aromatic heterocycles. The molecular formula is C12H25NO3. The van der Waals surface area contributed by atoms with Gasteiger partial charge in [-0.05, 0) is 12.8 Å². The lowest BCUT2D eigenvalue weighted by Gasteiger charge is -2.23. The van der Waals surface area contributed by atoms with Gasteiger partial charge in [0.05, 0.1) is 0 Å². The van der Waals surface area contributed by atoms with E-state index in [2.05, 4.69) is 6.92 Å². The van der Waals surface area contributed by atoms with E-state index in [1.54, 1.807) is 0 Å². The molecule has 1 atom stereocenters. The smallest absolute Gasteiger partial charge is 0.244 e. The first kappa shape index (κ1) is 15.4. The van der Waals surface area contributed by atoms with Gasteiger partial charge in [0.2, 0.25) is 5.54 Å². The van der Waals surface area contributed by atoms with Crippen LogP contribution in [0, 0.1) is 10.1 Å². The Kier molecular flexibility index (Phi) is 8.16. The second-order valence-corrected chi connectivity index (χ2v) is 4.55. The summed E-state index contributed by atoms with van der Waals surface area (Å²) in [5.41, 5.74) is -1.08. The molecule has 0 rings (SSSR count). The normalized spacial score (nSPS) is 14.7. The Morgan fingerprint density at radius 3 is 2.06 bits per heavy atom. The summed E-state index contributed by atoms with van der Waals surface area (Å²) in [7, 11) is 0. The summed E-state index contributed by atoms with van der Waals surface area (Å²) in [4.78, 5) is 10.8. The Morgan fingerprint density at radius 2 is 1.62 bits per heavy atom. The summed E-state index contributed by atoms with van der Waals surface area (Å²) >= 11 is 0. The number of hydrogen-bond donors (Lipinski definition) is 1. The van der Waals surface area contributed by atoms with Gasteiger partial charge in [-0.1, -0.05) is 39.5 Å². The third-order valence-corrected chi connectivity index (χ3v) is 3.17. The van der Waals surface area contributed by atoms with Crippen LogP contribution in [0.25, 0.3) is 0 Å². The van der Waals surface area contributed by atoms with Crippen LogP contribution in [0.4, 0.5) is 0 Å². The zero-order chi connectivity index (χ0) is 12.4. The molecule has 96 valence electrons. The van der Waals surface area contributed by atoms with E-state index < -0.39 is 5.54 Å². The van der Waals surface area contributed by atoms with Gasteiger partial charge in [-0.3, -0.25) is 10.1 Å². The second kappa shape index (κ2) is 8.50. The SMILES string of the molecule is CCCCCCC(CO)(CCCC)[N+](=O)[O-]. The molecule has 0 aliphatic rings. The topological polar surface area (TPSA) is 63.4 Å². The Morgan fingerprint density at radius 1 is 1.06 bits per heavy atom. The quantitative estimate of drug-likeness (QED) is 0.357. The summed E-state index contributed by atoms with van der Waals surface area (Å²) < 4.78 is 0. The average Bonchev–Trinajstić information content (AvgIpc) is 2.28. The zero-order valence-corrected chi connectivity index (χ0v) is 10.6. The van der Waals surface area contributed by atoms with Gasteiger partial charge in [0, 0.05) is 17.8 Å². The van der Waals surface area contributed by atoms with E-state index in [0.717, 1.165) is 38.5 Å². The summed E-state index contributed by atoms with van der Waals surface area (Å²) in [5, 5.41) is 20.4. The summed E-state index contributed by atoms with van der Waals surface area (Å²) in [6.45, 7) is 3.80. The third-order valence-electron chi connectivity index (χ3n) is 3.17. The van der Waals surface area contributed by atoms with Crippen LogP contribution in [0.15, 0.2) is 0 Å². The monoisotopic (exact) mass is 231 g/mol. The summed E-state index contributed by atoms with van der Waals surface area (Å²) in [5.74, 6) is 0. The third kappa shape index (κ3) is 4.92. The summed E-state index contributed by atoms with van der Waals surface area (Å²) in [6.07, 6.45) is 6.87. The lowest BCUT2D eigenvalue weighted by Crippen LogP contribution is -2.42. The summed E-state index contributed by atoms with van der Waals surface area (Å²) in [6, 6.07) is 0. The molecule has 0 fully saturated rings. The molecule has 0 saturated carbocycles. The van der Waals surface area contributed by atoms with Crippen molar-refractivity contribution in [1.29, 1.82) is 0 Å². The molecule has 0 aliphatic heterocycles.